The van der Waals surface area contributed by atoms with E-state index in [1.807, 2.05) is 6.08 Å². The molecule has 0 bridgehead atoms. The van der Waals surface area contributed by atoms with Crippen LogP contribution in [0.5, 0.6) is 0 Å². The summed E-state index contributed by atoms with van der Waals surface area (Å²) in [7, 11) is 0. The summed E-state index contributed by atoms with van der Waals surface area (Å²) in [6.45, 7) is 4.91. The molecule has 1 amide bonds. The largest absolute Gasteiger partial charge is 0.466 e. The molecule has 65 heavy (non-hydrogen) atoms. The van der Waals surface area contributed by atoms with Crippen molar-refractivity contribution in [3.8, 4) is 0 Å². The van der Waals surface area contributed by atoms with Crippen molar-refractivity contribution in [1.29, 1.82) is 0 Å². The topological polar surface area (TPSA) is 95.9 Å². The van der Waals surface area contributed by atoms with Crippen molar-refractivity contribution in [3.05, 3.63) is 24.3 Å². The first-order valence-electron chi connectivity index (χ1n) is 29.1. The molecule has 6 nitrogen and oxygen atoms in total. The highest BCUT2D eigenvalue weighted by atomic mass is 16.5. The highest BCUT2D eigenvalue weighted by molar-refractivity contribution is 5.76. The van der Waals surface area contributed by atoms with Gasteiger partial charge >= 0.3 is 5.97 Å². The highest BCUT2D eigenvalue weighted by Crippen LogP contribution is 2.17. The minimum absolute atomic E-state index is 0.00831. The van der Waals surface area contributed by atoms with Gasteiger partial charge in [0.1, 0.15) is 0 Å². The molecule has 0 aromatic rings. The number of ether oxygens (including phenoxy) is 1. The number of aliphatic hydroxyl groups is 2. The van der Waals surface area contributed by atoms with Crippen molar-refractivity contribution in [2.75, 3.05) is 13.2 Å². The van der Waals surface area contributed by atoms with Crippen LogP contribution < -0.4 is 5.32 Å². The summed E-state index contributed by atoms with van der Waals surface area (Å²) in [5.74, 6) is -0.0663. The zero-order chi connectivity index (χ0) is 47.2. The number of amides is 1. The number of unbranched alkanes of at least 4 members (excludes halogenated alkanes) is 41. The van der Waals surface area contributed by atoms with E-state index in [9.17, 15) is 19.8 Å². The van der Waals surface area contributed by atoms with E-state index in [0.29, 0.717) is 19.4 Å². The van der Waals surface area contributed by atoms with Crippen LogP contribution in [0.2, 0.25) is 0 Å². The van der Waals surface area contributed by atoms with Crippen molar-refractivity contribution >= 4 is 11.9 Å². The first-order valence-corrected chi connectivity index (χ1v) is 29.1. The second-order valence-electron chi connectivity index (χ2n) is 20.0. The molecule has 0 aliphatic carbocycles. The summed E-state index contributed by atoms with van der Waals surface area (Å²) >= 11 is 0. The van der Waals surface area contributed by atoms with Gasteiger partial charge in [-0.1, -0.05) is 269 Å². The summed E-state index contributed by atoms with van der Waals surface area (Å²) in [6.07, 6.45) is 66.3. The maximum absolute atomic E-state index is 12.4. The smallest absolute Gasteiger partial charge is 0.305 e. The van der Waals surface area contributed by atoms with E-state index >= 15 is 0 Å². The third-order valence-electron chi connectivity index (χ3n) is 13.5. The van der Waals surface area contributed by atoms with Crippen LogP contribution in [0.3, 0.4) is 0 Å². The lowest BCUT2D eigenvalue weighted by atomic mass is 10.0. The van der Waals surface area contributed by atoms with Crippen molar-refractivity contribution in [2.45, 2.75) is 328 Å². The van der Waals surface area contributed by atoms with E-state index in [2.05, 4.69) is 31.3 Å². The lowest BCUT2D eigenvalue weighted by Crippen LogP contribution is -2.45. The zero-order valence-electron chi connectivity index (χ0n) is 43.7. The van der Waals surface area contributed by atoms with Gasteiger partial charge in [-0.15, -0.1) is 0 Å². The molecule has 2 unspecified atom stereocenters. The number of allylic oxidation sites excluding steroid dienone is 3. The number of carbonyl (C=O) groups is 2. The van der Waals surface area contributed by atoms with Crippen molar-refractivity contribution in [2.24, 2.45) is 0 Å². The Morgan fingerprint density at radius 3 is 1.09 bits per heavy atom. The molecule has 0 aliphatic heterocycles. The molecule has 0 saturated carbocycles. The molecule has 0 fully saturated rings. The maximum atomic E-state index is 12.4. The first kappa shape index (κ1) is 63.3. The van der Waals surface area contributed by atoms with Gasteiger partial charge in [0, 0.05) is 12.8 Å². The molecule has 0 aliphatic rings. The van der Waals surface area contributed by atoms with Crippen LogP contribution in [0, 0.1) is 0 Å². The number of aliphatic hydroxyl groups excluding tert-OH is 2. The Bertz CT molecular complexity index is 1010. The average molecular weight is 917 g/mol. The minimum atomic E-state index is -0.848. The number of hydrogen-bond acceptors (Lipinski definition) is 5. The Morgan fingerprint density at radius 1 is 0.415 bits per heavy atom. The van der Waals surface area contributed by atoms with Crippen LogP contribution in [0.4, 0.5) is 0 Å². The molecule has 0 aromatic carbocycles. The van der Waals surface area contributed by atoms with Gasteiger partial charge in [-0.25, -0.2) is 0 Å². The van der Waals surface area contributed by atoms with Crippen molar-refractivity contribution in [3.63, 3.8) is 0 Å². The Morgan fingerprint density at radius 2 is 0.723 bits per heavy atom. The molecule has 6 heteroatoms. The summed E-state index contributed by atoms with van der Waals surface area (Å²) in [5.41, 5.74) is 0. The SMILES string of the molecule is CCCCCCCCCCCCCCC/C=C/C(O)C(CO)NC(=O)CCCCCCCCC/C=C\CCCCCCCCCCCCOC(=O)CCCCCCCCCCCCCC. The molecule has 0 heterocycles. The number of rotatable bonds is 54. The van der Waals surface area contributed by atoms with Gasteiger partial charge in [0.2, 0.25) is 5.91 Å². The van der Waals surface area contributed by atoms with Crippen LogP contribution in [0.15, 0.2) is 24.3 Å². The number of carbonyl (C=O) groups excluding carboxylic acids is 2. The van der Waals surface area contributed by atoms with Gasteiger partial charge in [0.05, 0.1) is 25.4 Å². The Kier molecular flexibility index (Phi) is 53.5. The fourth-order valence-electron chi connectivity index (χ4n) is 8.98. The lowest BCUT2D eigenvalue weighted by molar-refractivity contribution is -0.143. The molecular weight excluding hydrogens is 803 g/mol. The van der Waals surface area contributed by atoms with Crippen molar-refractivity contribution < 1.29 is 24.5 Å². The minimum Gasteiger partial charge on any atom is -0.466 e. The molecule has 2 atom stereocenters. The first-order chi connectivity index (χ1) is 32.0. The maximum Gasteiger partial charge on any atom is 0.305 e. The molecular formula is C59H113NO5. The molecule has 0 saturated heterocycles. The summed E-state index contributed by atoms with van der Waals surface area (Å²) in [4.78, 5) is 24.5. The molecule has 384 valence electrons. The number of esters is 1. The number of nitrogens with one attached hydrogen (secondary N) is 1. The van der Waals surface area contributed by atoms with E-state index < -0.39 is 12.1 Å². The van der Waals surface area contributed by atoms with E-state index in [4.69, 9.17) is 4.74 Å². The van der Waals surface area contributed by atoms with E-state index in [-0.39, 0.29) is 18.5 Å². The van der Waals surface area contributed by atoms with E-state index in [1.54, 1.807) is 6.08 Å². The average Bonchev–Trinajstić information content (AvgIpc) is 3.31. The molecule has 0 rings (SSSR count). The van der Waals surface area contributed by atoms with E-state index in [1.165, 1.54) is 244 Å². The van der Waals surface area contributed by atoms with Gasteiger partial charge in [-0.2, -0.15) is 0 Å². The monoisotopic (exact) mass is 916 g/mol. The zero-order valence-corrected chi connectivity index (χ0v) is 43.7. The molecule has 3 N–H and O–H groups in total. The normalized spacial score (nSPS) is 12.7. The standard InChI is InChI=1S/C59H113NO5/c1-3-5-7-9-11-13-15-17-25-28-31-35-39-43-47-51-57(62)56(55-61)60-58(63)52-48-44-40-36-32-29-26-23-21-19-18-20-22-24-27-30-34-38-42-46-50-54-65-59(64)53-49-45-41-37-33-16-14-12-10-8-6-4-2/h19,21,47,51,56-57,61-62H,3-18,20,22-46,48-50,52-55H2,1-2H3,(H,60,63)/b21-19-,51-47+. The van der Waals surface area contributed by atoms with E-state index in [0.717, 1.165) is 44.9 Å². The molecule has 0 radical (unpaired) electrons. The fraction of sp³-hybridized carbons (Fsp3) is 0.898. The quantitative estimate of drug-likeness (QED) is 0.0321. The Hall–Kier alpha value is -1.66. The Balaban J connectivity index is 3.45. The predicted molar refractivity (Wildman–Crippen MR) is 283 cm³/mol. The predicted octanol–water partition coefficient (Wildman–Crippen LogP) is 17.9. The van der Waals surface area contributed by atoms with Crippen LogP contribution in [-0.4, -0.2) is 47.4 Å². The van der Waals surface area contributed by atoms with Crippen LogP contribution in [0.25, 0.3) is 0 Å². The summed E-state index contributed by atoms with van der Waals surface area (Å²) in [6, 6.07) is -0.633. The lowest BCUT2D eigenvalue weighted by Gasteiger charge is -2.20. The second-order valence-corrected chi connectivity index (χ2v) is 20.0. The third-order valence-corrected chi connectivity index (χ3v) is 13.5. The van der Waals surface area contributed by atoms with Gasteiger partial charge in [-0.05, 0) is 57.8 Å². The Labute approximate surface area is 405 Å². The number of hydrogen-bond donors (Lipinski definition) is 3. The second kappa shape index (κ2) is 54.9. The van der Waals surface area contributed by atoms with Crippen LogP contribution in [-0.2, 0) is 14.3 Å². The van der Waals surface area contributed by atoms with Gasteiger partial charge in [0.25, 0.3) is 0 Å². The van der Waals surface area contributed by atoms with Crippen LogP contribution in [0.1, 0.15) is 316 Å². The fourth-order valence-corrected chi connectivity index (χ4v) is 8.98. The summed E-state index contributed by atoms with van der Waals surface area (Å²) in [5, 5.41) is 23.1. The summed E-state index contributed by atoms with van der Waals surface area (Å²) < 4.78 is 5.47. The molecule has 0 aromatic heterocycles. The highest BCUT2D eigenvalue weighted by Gasteiger charge is 2.18. The van der Waals surface area contributed by atoms with Crippen molar-refractivity contribution in [1.82, 2.24) is 5.32 Å². The molecule has 0 spiro atoms. The van der Waals surface area contributed by atoms with Gasteiger partial charge < -0.3 is 20.3 Å². The third kappa shape index (κ3) is 51.6. The van der Waals surface area contributed by atoms with Gasteiger partial charge in [0.15, 0.2) is 0 Å². The van der Waals surface area contributed by atoms with Crippen LogP contribution >= 0.6 is 0 Å². The van der Waals surface area contributed by atoms with Gasteiger partial charge in [-0.3, -0.25) is 9.59 Å².